The second-order valence-corrected chi connectivity index (χ2v) is 9.14. The molecule has 38 heavy (non-hydrogen) atoms. The Morgan fingerprint density at radius 2 is 1.92 bits per heavy atom. The van der Waals surface area contributed by atoms with Gasteiger partial charge in [-0.2, -0.15) is 4.37 Å². The van der Waals surface area contributed by atoms with Crippen molar-refractivity contribution in [2.24, 2.45) is 5.73 Å². The van der Waals surface area contributed by atoms with E-state index in [1.165, 1.54) is 4.90 Å². The number of nitrogen functional groups attached to an aromatic ring is 1. The van der Waals surface area contributed by atoms with Gasteiger partial charge < -0.3 is 26.5 Å². The fourth-order valence-corrected chi connectivity index (χ4v) is 4.83. The molecule has 4 rings (SSSR count). The third-order valence-electron chi connectivity index (χ3n) is 5.79. The Morgan fingerprint density at radius 3 is 2.61 bits per heavy atom. The Hall–Kier alpha value is -4.71. The molecule has 1 atom stereocenters. The minimum absolute atomic E-state index is 0.0525. The van der Waals surface area contributed by atoms with Gasteiger partial charge in [0.05, 0.1) is 12.3 Å². The van der Waals surface area contributed by atoms with Crippen molar-refractivity contribution in [2.75, 3.05) is 23.8 Å². The first kappa shape index (κ1) is 26.4. The van der Waals surface area contributed by atoms with Crippen LogP contribution in [0.4, 0.5) is 11.4 Å². The molecule has 12 heteroatoms. The molecule has 3 amide bonds. The minimum Gasteiger partial charge on any atom is -0.465 e. The van der Waals surface area contributed by atoms with Gasteiger partial charge in [0.2, 0.25) is 5.91 Å². The number of anilines is 2. The van der Waals surface area contributed by atoms with Gasteiger partial charge in [0.15, 0.2) is 5.69 Å². The molecule has 2 heterocycles. The maximum Gasteiger partial charge on any atom is 0.325 e. The molecular weight excluding hydrogens is 508 g/mol. The highest BCUT2D eigenvalue weighted by Gasteiger charge is 2.37. The molecule has 4 aromatic rings. The number of aryl methyl sites for hydroxylation is 1. The van der Waals surface area contributed by atoms with Gasteiger partial charge in [0.1, 0.15) is 17.5 Å². The molecule has 0 aliphatic carbocycles. The van der Waals surface area contributed by atoms with Gasteiger partial charge in [-0.15, -0.1) is 0 Å². The van der Waals surface area contributed by atoms with Crippen molar-refractivity contribution in [3.63, 3.8) is 0 Å². The van der Waals surface area contributed by atoms with Crippen LogP contribution in [0.1, 0.15) is 44.3 Å². The molecule has 0 aliphatic rings. The molecule has 196 valence electrons. The van der Waals surface area contributed by atoms with E-state index in [1.54, 1.807) is 31.3 Å². The number of primary amides is 1. The fraction of sp³-hybridized carbons (Fsp3) is 0.192. The summed E-state index contributed by atoms with van der Waals surface area (Å²) in [5.74, 6) is -2.79. The zero-order valence-electron chi connectivity index (χ0n) is 20.7. The number of fused-ring (bicyclic) bond motifs is 1. The number of nitrogens with one attached hydrogen (secondary N) is 2. The number of ether oxygens (including phenoxy) is 1. The third-order valence-corrected chi connectivity index (χ3v) is 6.64. The lowest BCUT2D eigenvalue weighted by Crippen LogP contribution is -2.45. The summed E-state index contributed by atoms with van der Waals surface area (Å²) in [5, 5.41) is 3.29. The molecule has 11 nitrogen and oxygen atoms in total. The Bertz CT molecular complexity index is 1530. The van der Waals surface area contributed by atoms with Crippen LogP contribution in [0.5, 0.6) is 0 Å². The number of benzene rings is 2. The van der Waals surface area contributed by atoms with Gasteiger partial charge in [0.25, 0.3) is 11.8 Å². The summed E-state index contributed by atoms with van der Waals surface area (Å²) in [5.41, 5.74) is 13.5. The first-order chi connectivity index (χ1) is 18.2. The van der Waals surface area contributed by atoms with Crippen molar-refractivity contribution in [1.82, 2.24) is 14.7 Å². The van der Waals surface area contributed by atoms with Gasteiger partial charge in [0, 0.05) is 28.4 Å². The zero-order valence-corrected chi connectivity index (χ0v) is 21.5. The van der Waals surface area contributed by atoms with E-state index >= 15 is 0 Å². The number of aromatic nitrogens is 2. The minimum atomic E-state index is -1.24. The van der Waals surface area contributed by atoms with Crippen LogP contribution >= 0.6 is 11.5 Å². The molecular formula is C26H26N6O5S. The normalized spacial score (nSPS) is 11.6. The van der Waals surface area contributed by atoms with Crippen LogP contribution in [-0.4, -0.2) is 46.2 Å². The highest BCUT2D eigenvalue weighted by Crippen LogP contribution is 2.36. The lowest BCUT2D eigenvalue weighted by molar-refractivity contribution is -0.143. The highest BCUT2D eigenvalue weighted by atomic mass is 32.1. The number of H-pyrrole nitrogens is 1. The van der Waals surface area contributed by atoms with Crippen LogP contribution in [0, 0.1) is 6.92 Å². The van der Waals surface area contributed by atoms with Gasteiger partial charge >= 0.3 is 5.97 Å². The van der Waals surface area contributed by atoms with E-state index in [0.29, 0.717) is 28.2 Å². The van der Waals surface area contributed by atoms with Crippen molar-refractivity contribution in [1.29, 1.82) is 0 Å². The van der Waals surface area contributed by atoms with E-state index in [2.05, 4.69) is 14.7 Å². The van der Waals surface area contributed by atoms with Crippen molar-refractivity contribution >= 4 is 57.5 Å². The molecule has 0 unspecified atom stereocenters. The van der Waals surface area contributed by atoms with Crippen LogP contribution in [0.3, 0.4) is 0 Å². The predicted molar refractivity (Wildman–Crippen MR) is 144 cm³/mol. The van der Waals surface area contributed by atoms with Crippen molar-refractivity contribution in [2.45, 2.75) is 19.9 Å². The number of esters is 1. The lowest BCUT2D eigenvalue weighted by atomic mass is 10.0. The predicted octanol–water partition coefficient (Wildman–Crippen LogP) is 2.68. The van der Waals surface area contributed by atoms with Crippen molar-refractivity contribution < 1.29 is 23.9 Å². The largest absolute Gasteiger partial charge is 0.465 e. The van der Waals surface area contributed by atoms with E-state index in [1.807, 2.05) is 37.3 Å². The molecule has 0 aliphatic heterocycles. The topological polar surface area (TPSA) is 174 Å². The number of amides is 3. The Balaban J connectivity index is 1.89. The van der Waals surface area contributed by atoms with Crippen LogP contribution in [0.2, 0.25) is 0 Å². The molecule has 2 aromatic carbocycles. The Kier molecular flexibility index (Phi) is 7.72. The average molecular weight is 535 g/mol. The molecule has 0 radical (unpaired) electrons. The Labute approximate surface area is 221 Å². The number of rotatable bonds is 9. The molecule has 0 bridgehead atoms. The van der Waals surface area contributed by atoms with Crippen LogP contribution in [0.15, 0.2) is 54.7 Å². The van der Waals surface area contributed by atoms with Crippen LogP contribution < -0.4 is 21.7 Å². The summed E-state index contributed by atoms with van der Waals surface area (Å²) < 4.78 is 8.90. The van der Waals surface area contributed by atoms with Crippen molar-refractivity contribution in [3.05, 3.63) is 76.4 Å². The quantitative estimate of drug-likeness (QED) is 0.239. The second kappa shape index (κ2) is 11.1. The summed E-state index contributed by atoms with van der Waals surface area (Å²) >= 11 is 0.714. The van der Waals surface area contributed by atoms with Gasteiger partial charge in [-0.3, -0.25) is 24.1 Å². The lowest BCUT2D eigenvalue weighted by Gasteiger charge is -2.31. The first-order valence-corrected chi connectivity index (χ1v) is 12.4. The first-order valence-electron chi connectivity index (χ1n) is 11.7. The average Bonchev–Trinajstić information content (AvgIpc) is 3.49. The maximum absolute atomic E-state index is 14.1. The van der Waals surface area contributed by atoms with Crippen molar-refractivity contribution in [3.8, 4) is 0 Å². The number of carbonyl (C=O) groups is 4. The number of aromatic amines is 1. The van der Waals surface area contributed by atoms with Gasteiger partial charge in [-0.1, -0.05) is 30.3 Å². The number of para-hydroxylation sites is 1. The van der Waals surface area contributed by atoms with Gasteiger partial charge in [-0.25, -0.2) is 0 Å². The smallest absolute Gasteiger partial charge is 0.325 e. The summed E-state index contributed by atoms with van der Waals surface area (Å²) in [6.07, 6.45) is 1.64. The fourth-order valence-electron chi connectivity index (χ4n) is 4.09. The summed E-state index contributed by atoms with van der Waals surface area (Å²) in [6.45, 7) is 3.27. The highest BCUT2D eigenvalue weighted by molar-refractivity contribution is 7.09. The Morgan fingerprint density at radius 1 is 1.16 bits per heavy atom. The maximum atomic E-state index is 14.1. The molecule has 0 spiro atoms. The molecule has 0 saturated heterocycles. The third kappa shape index (κ3) is 5.20. The molecule has 0 fully saturated rings. The van der Waals surface area contributed by atoms with Crippen LogP contribution in [-0.2, 0) is 14.3 Å². The summed E-state index contributed by atoms with van der Waals surface area (Å²) in [4.78, 5) is 56.0. The summed E-state index contributed by atoms with van der Waals surface area (Å²) in [7, 11) is 0. The van der Waals surface area contributed by atoms with E-state index in [4.69, 9.17) is 16.2 Å². The number of hydrogen-bond acceptors (Lipinski definition) is 8. The summed E-state index contributed by atoms with van der Waals surface area (Å²) in [6, 6.07) is 13.1. The number of carbonyl (C=O) groups excluding carboxylic acids is 4. The van der Waals surface area contributed by atoms with E-state index in [0.717, 1.165) is 11.1 Å². The van der Waals surface area contributed by atoms with E-state index in [9.17, 15) is 19.2 Å². The SMILES string of the molecule is CCOC(=O)CNC(=O)[C@H](c1c[nH]c2ccccc12)N(C(=O)c1snc(C(N)=O)c1N)c1cccc(C)c1. The molecule has 0 saturated carbocycles. The van der Waals surface area contributed by atoms with E-state index < -0.39 is 36.3 Å². The van der Waals surface area contributed by atoms with Gasteiger partial charge in [-0.05, 0) is 49.1 Å². The monoisotopic (exact) mass is 534 g/mol. The van der Waals surface area contributed by atoms with Crippen LogP contribution in [0.25, 0.3) is 10.9 Å². The second-order valence-electron chi connectivity index (χ2n) is 8.37. The van der Waals surface area contributed by atoms with E-state index in [-0.39, 0.29) is 22.9 Å². The number of nitrogens with two attached hydrogens (primary N) is 2. The zero-order chi connectivity index (χ0) is 27.4. The number of hydrogen-bond donors (Lipinski definition) is 4. The molecule has 2 aromatic heterocycles. The number of nitrogens with zero attached hydrogens (tertiary/aromatic N) is 2. The standard InChI is InChI=1S/C26H26N6O5S/c1-3-37-19(33)13-30-25(35)22(17-12-29-18-10-5-4-9-16(17)18)32(15-8-6-7-14(2)11-15)26(36)23-20(27)21(24(28)34)31-38-23/h4-12,22,29H,3,13,27H2,1-2H3,(H2,28,34)(H,30,35)/t22-/m0/s1. The molecule has 6 N–H and O–H groups in total.